The van der Waals surface area contributed by atoms with E-state index in [4.69, 9.17) is 9.15 Å². The van der Waals surface area contributed by atoms with Gasteiger partial charge in [0.05, 0.1) is 25.2 Å². The lowest BCUT2D eigenvalue weighted by Gasteiger charge is -2.12. The SMILES string of the molecule is OC(Cc1cc(Br)cc2c1OCC2)c1ccoc1. The first kappa shape index (κ1) is 11.8. The minimum Gasteiger partial charge on any atom is -0.493 e. The summed E-state index contributed by atoms with van der Waals surface area (Å²) in [5, 5.41) is 10.2. The lowest BCUT2D eigenvalue weighted by molar-refractivity contribution is 0.176. The van der Waals surface area contributed by atoms with Crippen LogP contribution < -0.4 is 4.74 Å². The Hall–Kier alpha value is -1.26. The molecule has 0 saturated carbocycles. The minimum absolute atomic E-state index is 0.529. The van der Waals surface area contributed by atoms with Crippen molar-refractivity contribution in [2.45, 2.75) is 18.9 Å². The van der Waals surface area contributed by atoms with Gasteiger partial charge in [-0.3, -0.25) is 0 Å². The van der Waals surface area contributed by atoms with Crippen LogP contribution in [0.3, 0.4) is 0 Å². The van der Waals surface area contributed by atoms with Crippen LogP contribution in [0.5, 0.6) is 5.75 Å². The van der Waals surface area contributed by atoms with Gasteiger partial charge in [0.1, 0.15) is 5.75 Å². The number of fused-ring (bicyclic) bond motifs is 1. The molecule has 1 aromatic carbocycles. The predicted octanol–water partition coefficient (Wildman–Crippen LogP) is 3.25. The minimum atomic E-state index is -0.564. The van der Waals surface area contributed by atoms with Crippen LogP contribution in [0, 0.1) is 0 Å². The normalized spacial score (nSPS) is 15.2. The Morgan fingerprint density at radius 1 is 1.39 bits per heavy atom. The van der Waals surface area contributed by atoms with Crippen LogP contribution in [0.15, 0.2) is 39.6 Å². The maximum atomic E-state index is 10.2. The fourth-order valence-corrected chi connectivity index (χ4v) is 2.84. The summed E-state index contributed by atoms with van der Waals surface area (Å²) in [4.78, 5) is 0. The highest BCUT2D eigenvalue weighted by molar-refractivity contribution is 9.10. The molecule has 0 bridgehead atoms. The smallest absolute Gasteiger partial charge is 0.125 e. The summed E-state index contributed by atoms with van der Waals surface area (Å²) in [6.07, 6.45) is 4.04. The third-order valence-corrected chi connectivity index (χ3v) is 3.62. The summed E-state index contributed by atoms with van der Waals surface area (Å²) >= 11 is 3.50. The Morgan fingerprint density at radius 3 is 3.06 bits per heavy atom. The average molecular weight is 309 g/mol. The second-order valence-electron chi connectivity index (χ2n) is 4.43. The van der Waals surface area contributed by atoms with E-state index in [0.717, 1.165) is 34.4 Å². The van der Waals surface area contributed by atoms with Crippen LogP contribution in [0.4, 0.5) is 0 Å². The van der Waals surface area contributed by atoms with Crippen molar-refractivity contribution in [3.63, 3.8) is 0 Å². The van der Waals surface area contributed by atoms with E-state index < -0.39 is 6.10 Å². The van der Waals surface area contributed by atoms with E-state index in [2.05, 4.69) is 22.0 Å². The molecular weight excluding hydrogens is 296 g/mol. The summed E-state index contributed by atoms with van der Waals surface area (Å²) < 4.78 is 11.7. The molecule has 0 saturated heterocycles. The van der Waals surface area contributed by atoms with Crippen molar-refractivity contribution in [1.82, 2.24) is 0 Å². The summed E-state index contributed by atoms with van der Waals surface area (Å²) in [7, 11) is 0. The lowest BCUT2D eigenvalue weighted by atomic mass is 10.0. The van der Waals surface area contributed by atoms with Crippen LogP contribution in [-0.2, 0) is 12.8 Å². The van der Waals surface area contributed by atoms with Crippen molar-refractivity contribution in [2.75, 3.05) is 6.61 Å². The number of aliphatic hydroxyl groups is 1. The molecule has 2 aromatic rings. The number of hydrogen-bond acceptors (Lipinski definition) is 3. The first-order valence-corrected chi connectivity index (χ1v) is 6.67. The standard InChI is InChI=1S/C14H13BrO3/c15-12-5-9-2-4-18-14(9)11(6-12)7-13(16)10-1-3-17-8-10/h1,3,5-6,8,13,16H,2,4,7H2. The van der Waals surface area contributed by atoms with Gasteiger partial charge in [-0.05, 0) is 29.3 Å². The fraction of sp³-hybridized carbons (Fsp3) is 0.286. The summed E-state index contributed by atoms with van der Waals surface area (Å²) in [5.41, 5.74) is 3.03. The van der Waals surface area contributed by atoms with Gasteiger partial charge >= 0.3 is 0 Å². The van der Waals surface area contributed by atoms with Gasteiger partial charge in [-0.25, -0.2) is 0 Å². The van der Waals surface area contributed by atoms with E-state index in [0.29, 0.717) is 6.42 Å². The van der Waals surface area contributed by atoms with Crippen LogP contribution in [0.2, 0.25) is 0 Å². The van der Waals surface area contributed by atoms with Crippen molar-refractivity contribution in [1.29, 1.82) is 0 Å². The Morgan fingerprint density at radius 2 is 2.28 bits per heavy atom. The molecular formula is C14H13BrO3. The largest absolute Gasteiger partial charge is 0.493 e. The summed E-state index contributed by atoms with van der Waals surface area (Å²) in [5.74, 6) is 0.931. The third-order valence-electron chi connectivity index (χ3n) is 3.17. The average Bonchev–Trinajstić information content (AvgIpc) is 2.98. The van der Waals surface area contributed by atoms with Gasteiger partial charge in [0.25, 0.3) is 0 Å². The number of ether oxygens (including phenoxy) is 1. The highest BCUT2D eigenvalue weighted by atomic mass is 79.9. The van der Waals surface area contributed by atoms with E-state index in [-0.39, 0.29) is 0 Å². The van der Waals surface area contributed by atoms with Crippen LogP contribution >= 0.6 is 15.9 Å². The third kappa shape index (κ3) is 2.18. The highest BCUT2D eigenvalue weighted by Gasteiger charge is 2.20. The van der Waals surface area contributed by atoms with Crippen molar-refractivity contribution in [3.8, 4) is 5.75 Å². The van der Waals surface area contributed by atoms with Gasteiger partial charge in [-0.2, -0.15) is 0 Å². The molecule has 0 spiro atoms. The maximum absolute atomic E-state index is 10.2. The molecule has 2 heterocycles. The summed E-state index contributed by atoms with van der Waals surface area (Å²) in [6.45, 7) is 0.723. The van der Waals surface area contributed by atoms with Crippen molar-refractivity contribution >= 4 is 15.9 Å². The molecule has 1 atom stereocenters. The quantitative estimate of drug-likeness (QED) is 0.946. The van der Waals surface area contributed by atoms with Gasteiger partial charge in [0.15, 0.2) is 0 Å². The second kappa shape index (κ2) is 4.78. The van der Waals surface area contributed by atoms with Crippen molar-refractivity contribution < 1.29 is 14.3 Å². The zero-order chi connectivity index (χ0) is 12.5. The highest BCUT2D eigenvalue weighted by Crippen LogP contribution is 2.35. The molecule has 18 heavy (non-hydrogen) atoms. The molecule has 0 radical (unpaired) electrons. The van der Waals surface area contributed by atoms with Gasteiger partial charge in [0, 0.05) is 22.9 Å². The first-order chi connectivity index (χ1) is 8.74. The fourth-order valence-electron chi connectivity index (χ4n) is 2.29. The zero-order valence-corrected chi connectivity index (χ0v) is 11.3. The lowest BCUT2D eigenvalue weighted by Crippen LogP contribution is -2.02. The van der Waals surface area contributed by atoms with E-state index in [1.807, 2.05) is 6.07 Å². The molecule has 0 amide bonds. The molecule has 1 N–H and O–H groups in total. The molecule has 1 aliphatic rings. The molecule has 94 valence electrons. The number of rotatable bonds is 3. The number of hydrogen-bond donors (Lipinski definition) is 1. The zero-order valence-electron chi connectivity index (χ0n) is 9.73. The Labute approximate surface area is 114 Å². The molecule has 0 aliphatic carbocycles. The second-order valence-corrected chi connectivity index (χ2v) is 5.34. The predicted molar refractivity (Wildman–Crippen MR) is 70.7 cm³/mol. The number of furan rings is 1. The van der Waals surface area contributed by atoms with Crippen LogP contribution in [0.1, 0.15) is 22.8 Å². The number of benzene rings is 1. The maximum Gasteiger partial charge on any atom is 0.125 e. The van der Waals surface area contributed by atoms with E-state index in [9.17, 15) is 5.11 Å². The topological polar surface area (TPSA) is 42.6 Å². The van der Waals surface area contributed by atoms with Crippen molar-refractivity contribution in [2.24, 2.45) is 0 Å². The van der Waals surface area contributed by atoms with Crippen molar-refractivity contribution in [3.05, 3.63) is 51.9 Å². The Bertz CT molecular complexity index is 548. The van der Waals surface area contributed by atoms with Gasteiger partial charge in [-0.15, -0.1) is 0 Å². The Kier molecular flexibility index (Phi) is 3.14. The molecule has 3 rings (SSSR count). The van der Waals surface area contributed by atoms with Gasteiger partial charge < -0.3 is 14.3 Å². The monoisotopic (exact) mass is 308 g/mol. The Balaban J connectivity index is 1.89. The first-order valence-electron chi connectivity index (χ1n) is 5.88. The molecule has 3 nitrogen and oxygen atoms in total. The molecule has 0 fully saturated rings. The van der Waals surface area contributed by atoms with E-state index in [1.54, 1.807) is 18.6 Å². The van der Waals surface area contributed by atoms with E-state index in [1.165, 1.54) is 5.56 Å². The summed E-state index contributed by atoms with van der Waals surface area (Å²) in [6, 6.07) is 5.87. The molecule has 1 aromatic heterocycles. The molecule has 1 unspecified atom stereocenters. The molecule has 1 aliphatic heterocycles. The molecule has 4 heteroatoms. The van der Waals surface area contributed by atoms with Gasteiger partial charge in [-0.1, -0.05) is 15.9 Å². The number of halogens is 1. The van der Waals surface area contributed by atoms with Crippen LogP contribution in [-0.4, -0.2) is 11.7 Å². The number of aliphatic hydroxyl groups excluding tert-OH is 1. The van der Waals surface area contributed by atoms with Crippen LogP contribution in [0.25, 0.3) is 0 Å². The van der Waals surface area contributed by atoms with E-state index >= 15 is 0 Å². The van der Waals surface area contributed by atoms with Gasteiger partial charge in [0.2, 0.25) is 0 Å².